The normalized spacial score (nSPS) is 10.3. The highest BCUT2D eigenvalue weighted by atomic mass is 32.1. The Balaban J connectivity index is 3.01. The number of aromatic nitrogens is 1. The average molecular weight is 161 g/mol. The van der Waals surface area contributed by atoms with Gasteiger partial charge in [0.25, 0.3) is 6.43 Å². The molecular weight excluding hydrogens is 156 g/mol. The van der Waals surface area contributed by atoms with Crippen molar-refractivity contribution in [3.05, 3.63) is 22.7 Å². The van der Waals surface area contributed by atoms with Crippen molar-refractivity contribution in [3.8, 4) is 0 Å². The number of alkyl halides is 2. The van der Waals surface area contributed by atoms with Crippen molar-refractivity contribution >= 4 is 17.4 Å². The zero-order chi connectivity index (χ0) is 7.56. The van der Waals surface area contributed by atoms with Gasteiger partial charge >= 0.3 is 0 Å². The Hall–Kier alpha value is -0.770. The Labute approximate surface area is 61.0 Å². The summed E-state index contributed by atoms with van der Waals surface area (Å²) in [5.74, 6) is 0. The van der Waals surface area contributed by atoms with E-state index in [1.165, 1.54) is 22.9 Å². The van der Waals surface area contributed by atoms with Gasteiger partial charge in [-0.05, 0) is 0 Å². The smallest absolute Gasteiger partial charge is 0.243 e. The van der Waals surface area contributed by atoms with Crippen molar-refractivity contribution in [2.24, 2.45) is 0 Å². The molecule has 1 heterocycles. The molecule has 0 radical (unpaired) electrons. The summed E-state index contributed by atoms with van der Waals surface area (Å²) in [5, 5.41) is 0. The summed E-state index contributed by atoms with van der Waals surface area (Å²) in [7, 11) is 0. The molecule has 0 bridgehead atoms. The number of hydrogen-bond donors (Lipinski definition) is 0. The minimum absolute atomic E-state index is 0.167. The predicted octanol–water partition coefficient (Wildman–Crippen LogP) is 2.72. The minimum atomic E-state index is -2.49. The molecule has 10 heavy (non-hydrogen) atoms. The third-order valence-electron chi connectivity index (χ3n) is 1.02. The summed E-state index contributed by atoms with van der Waals surface area (Å²) < 4.78 is 23.9. The first kappa shape index (κ1) is 7.34. The van der Waals surface area contributed by atoms with Crippen LogP contribution in [0.5, 0.6) is 0 Å². The SMILES string of the molecule is C=Cc1scnc1C(F)F. The highest BCUT2D eigenvalue weighted by Crippen LogP contribution is 2.24. The number of halogens is 2. The zero-order valence-electron chi connectivity index (χ0n) is 5.05. The van der Waals surface area contributed by atoms with Gasteiger partial charge in [-0.15, -0.1) is 11.3 Å². The molecule has 54 valence electrons. The van der Waals surface area contributed by atoms with Crippen molar-refractivity contribution in [1.82, 2.24) is 4.98 Å². The molecule has 0 saturated carbocycles. The third kappa shape index (κ3) is 1.21. The molecule has 0 fully saturated rings. The lowest BCUT2D eigenvalue weighted by molar-refractivity contribution is 0.146. The molecule has 1 nitrogen and oxygen atoms in total. The first-order valence-corrected chi connectivity index (χ1v) is 3.47. The van der Waals surface area contributed by atoms with Crippen molar-refractivity contribution < 1.29 is 8.78 Å². The molecule has 0 aliphatic heterocycles. The fraction of sp³-hybridized carbons (Fsp3) is 0.167. The molecule has 0 atom stereocenters. The van der Waals surface area contributed by atoms with Gasteiger partial charge in [-0.25, -0.2) is 13.8 Å². The van der Waals surface area contributed by atoms with Crippen LogP contribution in [-0.4, -0.2) is 4.98 Å². The lowest BCUT2D eigenvalue weighted by Gasteiger charge is -1.92. The Bertz CT molecular complexity index is 231. The van der Waals surface area contributed by atoms with Crippen LogP contribution in [0.3, 0.4) is 0 Å². The minimum Gasteiger partial charge on any atom is -0.243 e. The van der Waals surface area contributed by atoms with E-state index in [0.717, 1.165) is 0 Å². The summed E-state index contributed by atoms with van der Waals surface area (Å²) >= 11 is 1.17. The molecule has 4 heteroatoms. The largest absolute Gasteiger partial charge is 0.281 e. The second kappa shape index (κ2) is 2.88. The predicted molar refractivity (Wildman–Crippen MR) is 37.2 cm³/mol. The Morgan fingerprint density at radius 2 is 2.40 bits per heavy atom. The van der Waals surface area contributed by atoms with Crippen molar-refractivity contribution in [2.75, 3.05) is 0 Å². The second-order valence-electron chi connectivity index (χ2n) is 1.61. The van der Waals surface area contributed by atoms with Crippen molar-refractivity contribution in [2.45, 2.75) is 6.43 Å². The number of hydrogen-bond acceptors (Lipinski definition) is 2. The van der Waals surface area contributed by atoms with Crippen LogP contribution < -0.4 is 0 Å². The summed E-state index contributed by atoms with van der Waals surface area (Å²) in [6.45, 7) is 3.38. The molecule has 1 rings (SSSR count). The van der Waals surface area contributed by atoms with Crippen LogP contribution in [-0.2, 0) is 0 Å². The molecule has 1 aromatic heterocycles. The number of rotatable bonds is 2. The molecule has 0 aliphatic rings. The standard InChI is InChI=1S/C6H5F2NS/c1-2-4-5(6(7)8)9-3-10-4/h2-3,6H,1H2. The Morgan fingerprint density at radius 1 is 1.70 bits per heavy atom. The Kier molecular flexibility index (Phi) is 2.11. The third-order valence-corrected chi connectivity index (χ3v) is 1.86. The number of thiazole rings is 1. The lowest BCUT2D eigenvalue weighted by Crippen LogP contribution is -1.84. The van der Waals surface area contributed by atoms with E-state index < -0.39 is 6.43 Å². The molecule has 0 spiro atoms. The topological polar surface area (TPSA) is 12.9 Å². The Morgan fingerprint density at radius 3 is 2.80 bits per heavy atom. The van der Waals surface area contributed by atoms with E-state index in [0.29, 0.717) is 4.88 Å². The summed E-state index contributed by atoms with van der Waals surface area (Å²) in [6.07, 6.45) is -1.10. The van der Waals surface area contributed by atoms with Crippen LogP contribution in [0.15, 0.2) is 12.1 Å². The van der Waals surface area contributed by atoms with E-state index in [9.17, 15) is 8.78 Å². The molecule has 0 N–H and O–H groups in total. The van der Waals surface area contributed by atoms with Gasteiger partial charge in [0.2, 0.25) is 0 Å². The highest BCUT2D eigenvalue weighted by molar-refractivity contribution is 7.10. The van der Waals surface area contributed by atoms with E-state index in [-0.39, 0.29) is 5.69 Å². The molecule has 0 saturated heterocycles. The first-order valence-electron chi connectivity index (χ1n) is 2.59. The maximum atomic E-state index is 11.9. The summed E-state index contributed by atoms with van der Waals surface area (Å²) in [6, 6.07) is 0. The van der Waals surface area contributed by atoms with Gasteiger partial charge in [-0.1, -0.05) is 12.7 Å². The molecule has 0 unspecified atom stereocenters. The second-order valence-corrected chi connectivity index (χ2v) is 2.49. The average Bonchev–Trinajstić information content (AvgIpc) is 2.33. The quantitative estimate of drug-likeness (QED) is 0.649. The first-order chi connectivity index (χ1) is 4.75. The van der Waals surface area contributed by atoms with Gasteiger partial charge in [0, 0.05) is 0 Å². The van der Waals surface area contributed by atoms with Gasteiger partial charge in [0.1, 0.15) is 5.69 Å². The van der Waals surface area contributed by atoms with Crippen LogP contribution in [0.2, 0.25) is 0 Å². The van der Waals surface area contributed by atoms with Gasteiger partial charge < -0.3 is 0 Å². The molecule has 0 amide bonds. The lowest BCUT2D eigenvalue weighted by atomic mass is 10.4. The monoisotopic (exact) mass is 161 g/mol. The van der Waals surface area contributed by atoms with E-state index in [1.807, 2.05) is 0 Å². The van der Waals surface area contributed by atoms with E-state index >= 15 is 0 Å². The van der Waals surface area contributed by atoms with Crippen LogP contribution in [0.4, 0.5) is 8.78 Å². The van der Waals surface area contributed by atoms with E-state index in [4.69, 9.17) is 0 Å². The van der Waals surface area contributed by atoms with Gasteiger partial charge in [-0.2, -0.15) is 0 Å². The van der Waals surface area contributed by atoms with Crippen LogP contribution in [0.1, 0.15) is 17.0 Å². The zero-order valence-corrected chi connectivity index (χ0v) is 5.87. The van der Waals surface area contributed by atoms with Gasteiger partial charge in [0.15, 0.2) is 0 Å². The highest BCUT2D eigenvalue weighted by Gasteiger charge is 2.13. The maximum Gasteiger partial charge on any atom is 0.281 e. The van der Waals surface area contributed by atoms with Crippen LogP contribution in [0, 0.1) is 0 Å². The van der Waals surface area contributed by atoms with Crippen molar-refractivity contribution in [1.29, 1.82) is 0 Å². The maximum absolute atomic E-state index is 11.9. The van der Waals surface area contributed by atoms with Gasteiger partial charge in [-0.3, -0.25) is 0 Å². The molecule has 0 aliphatic carbocycles. The molecule has 1 aromatic rings. The van der Waals surface area contributed by atoms with Crippen LogP contribution >= 0.6 is 11.3 Å². The van der Waals surface area contributed by atoms with Gasteiger partial charge in [0.05, 0.1) is 10.4 Å². The van der Waals surface area contributed by atoms with E-state index in [2.05, 4.69) is 11.6 Å². The fourth-order valence-corrected chi connectivity index (χ4v) is 1.22. The van der Waals surface area contributed by atoms with Crippen LogP contribution in [0.25, 0.3) is 6.08 Å². The molecule has 0 aromatic carbocycles. The van der Waals surface area contributed by atoms with E-state index in [1.54, 1.807) is 0 Å². The summed E-state index contributed by atoms with van der Waals surface area (Å²) in [5.41, 5.74) is 1.22. The summed E-state index contributed by atoms with van der Waals surface area (Å²) in [4.78, 5) is 3.94. The number of nitrogens with zero attached hydrogens (tertiary/aromatic N) is 1. The molecular formula is C6H5F2NS. The fourth-order valence-electron chi connectivity index (χ4n) is 0.580. The van der Waals surface area contributed by atoms with Crippen molar-refractivity contribution in [3.63, 3.8) is 0 Å².